The zero-order valence-corrected chi connectivity index (χ0v) is 17.6. The number of ether oxygens (including phenoxy) is 3. The van der Waals surface area contributed by atoms with Crippen molar-refractivity contribution in [3.63, 3.8) is 0 Å². The number of methoxy groups -OCH3 is 2. The summed E-state index contributed by atoms with van der Waals surface area (Å²) in [6.45, 7) is 6.60. The number of hydrogen-bond donors (Lipinski definition) is 0. The molecule has 0 spiro atoms. The number of hydrogen-bond acceptors (Lipinski definition) is 4. The zero-order valence-electron chi connectivity index (χ0n) is 17.6. The van der Waals surface area contributed by atoms with Crippen LogP contribution in [-0.2, 0) is 11.2 Å². The standard InChI is InChI=1S/C23H28FNO4/c1-23(2,3)22(26)25-11-10-15-12-20(27-4)21(28-5)13-18(15)19(25)14-29-17-8-6-16(24)7-9-17/h6-9,12-13,19H,10-11,14H2,1-5H3. The lowest BCUT2D eigenvalue weighted by Crippen LogP contribution is -2.47. The summed E-state index contributed by atoms with van der Waals surface area (Å²) in [5.41, 5.74) is 1.57. The minimum Gasteiger partial charge on any atom is -0.493 e. The molecule has 1 aliphatic rings. The van der Waals surface area contributed by atoms with E-state index in [2.05, 4.69) is 0 Å². The first-order chi connectivity index (χ1) is 13.7. The van der Waals surface area contributed by atoms with Crippen LogP contribution in [0, 0.1) is 11.2 Å². The molecule has 1 heterocycles. The van der Waals surface area contributed by atoms with Crippen molar-refractivity contribution in [3.8, 4) is 17.2 Å². The number of nitrogens with zero attached hydrogens (tertiary/aromatic N) is 1. The van der Waals surface area contributed by atoms with Crippen LogP contribution < -0.4 is 14.2 Å². The Bertz CT molecular complexity index is 874. The van der Waals surface area contributed by atoms with Crippen molar-refractivity contribution in [2.45, 2.75) is 33.2 Å². The van der Waals surface area contributed by atoms with Gasteiger partial charge in [-0.1, -0.05) is 20.8 Å². The van der Waals surface area contributed by atoms with E-state index in [0.29, 0.717) is 23.8 Å². The number of carbonyl (C=O) groups is 1. The summed E-state index contributed by atoms with van der Waals surface area (Å²) in [5.74, 6) is 1.58. The van der Waals surface area contributed by atoms with Crippen LogP contribution >= 0.6 is 0 Å². The van der Waals surface area contributed by atoms with Crippen LogP contribution in [0.4, 0.5) is 4.39 Å². The Kier molecular flexibility index (Phi) is 6.01. The average molecular weight is 401 g/mol. The van der Waals surface area contributed by atoms with Gasteiger partial charge in [-0.15, -0.1) is 0 Å². The predicted octanol–water partition coefficient (Wildman–Crippen LogP) is 4.39. The molecular formula is C23H28FNO4. The lowest BCUT2D eigenvalue weighted by molar-refractivity contribution is -0.143. The highest BCUT2D eigenvalue weighted by atomic mass is 19.1. The number of rotatable bonds is 5. The SMILES string of the molecule is COc1cc2c(cc1OC)C(COc1ccc(F)cc1)N(C(=O)C(C)(C)C)CC2. The Hall–Kier alpha value is -2.76. The van der Waals surface area contributed by atoms with Gasteiger partial charge in [0, 0.05) is 12.0 Å². The van der Waals surface area contributed by atoms with Crippen molar-refractivity contribution in [2.24, 2.45) is 5.41 Å². The smallest absolute Gasteiger partial charge is 0.228 e. The van der Waals surface area contributed by atoms with Crippen LogP contribution in [0.1, 0.15) is 37.9 Å². The Morgan fingerprint density at radius 2 is 1.72 bits per heavy atom. The Morgan fingerprint density at radius 3 is 2.31 bits per heavy atom. The van der Waals surface area contributed by atoms with Gasteiger partial charge in [0.05, 0.1) is 20.3 Å². The molecular weight excluding hydrogens is 373 g/mol. The molecule has 0 aromatic heterocycles. The Morgan fingerprint density at radius 1 is 1.10 bits per heavy atom. The molecule has 1 atom stereocenters. The Labute approximate surface area is 171 Å². The van der Waals surface area contributed by atoms with Gasteiger partial charge in [0.2, 0.25) is 5.91 Å². The third-order valence-electron chi connectivity index (χ3n) is 5.13. The van der Waals surface area contributed by atoms with E-state index < -0.39 is 5.41 Å². The summed E-state index contributed by atoms with van der Waals surface area (Å²) >= 11 is 0. The van der Waals surface area contributed by atoms with Crippen LogP contribution in [0.5, 0.6) is 17.2 Å². The average Bonchev–Trinajstić information content (AvgIpc) is 2.70. The van der Waals surface area contributed by atoms with Crippen LogP contribution in [-0.4, -0.2) is 38.2 Å². The quantitative estimate of drug-likeness (QED) is 0.745. The number of amides is 1. The third-order valence-corrected chi connectivity index (χ3v) is 5.13. The molecule has 0 radical (unpaired) electrons. The second-order valence-electron chi connectivity index (χ2n) is 8.19. The molecule has 0 saturated heterocycles. The summed E-state index contributed by atoms with van der Waals surface area (Å²) in [4.78, 5) is 15.0. The lowest BCUT2D eigenvalue weighted by atomic mass is 9.88. The van der Waals surface area contributed by atoms with Crippen LogP contribution in [0.2, 0.25) is 0 Å². The molecule has 5 nitrogen and oxygen atoms in total. The van der Waals surface area contributed by atoms with E-state index in [1.807, 2.05) is 37.8 Å². The molecule has 0 N–H and O–H groups in total. The molecule has 29 heavy (non-hydrogen) atoms. The molecule has 6 heteroatoms. The monoisotopic (exact) mass is 401 g/mol. The predicted molar refractivity (Wildman–Crippen MR) is 109 cm³/mol. The molecule has 2 aromatic rings. The second-order valence-corrected chi connectivity index (χ2v) is 8.19. The fourth-order valence-corrected chi connectivity index (χ4v) is 3.59. The summed E-state index contributed by atoms with van der Waals surface area (Å²) in [6, 6.07) is 9.50. The second kappa shape index (κ2) is 8.31. The highest BCUT2D eigenvalue weighted by molar-refractivity contribution is 5.82. The van der Waals surface area contributed by atoms with Crippen LogP contribution in [0.3, 0.4) is 0 Å². The van der Waals surface area contributed by atoms with E-state index in [1.165, 1.54) is 12.1 Å². The number of halogens is 1. The summed E-state index contributed by atoms with van der Waals surface area (Å²) in [7, 11) is 3.20. The Balaban J connectivity index is 1.97. The highest BCUT2D eigenvalue weighted by Crippen LogP contribution is 2.39. The van der Waals surface area contributed by atoms with Crippen molar-refractivity contribution in [2.75, 3.05) is 27.4 Å². The first-order valence-electron chi connectivity index (χ1n) is 9.69. The van der Waals surface area contributed by atoms with Crippen molar-refractivity contribution in [1.29, 1.82) is 0 Å². The molecule has 3 rings (SSSR count). The topological polar surface area (TPSA) is 48.0 Å². The molecule has 156 valence electrons. The minimum atomic E-state index is -0.512. The van der Waals surface area contributed by atoms with E-state index in [0.717, 1.165) is 17.5 Å². The van der Waals surface area contributed by atoms with E-state index >= 15 is 0 Å². The lowest BCUT2D eigenvalue weighted by Gasteiger charge is -2.40. The first kappa shape index (κ1) is 21.0. The third kappa shape index (κ3) is 4.47. The van der Waals surface area contributed by atoms with Gasteiger partial charge in [-0.05, 0) is 53.9 Å². The molecule has 0 aliphatic carbocycles. The minimum absolute atomic E-state index is 0.0608. The first-order valence-corrected chi connectivity index (χ1v) is 9.69. The fourth-order valence-electron chi connectivity index (χ4n) is 3.59. The number of carbonyl (C=O) groups excluding carboxylic acids is 1. The van der Waals surface area contributed by atoms with E-state index in [-0.39, 0.29) is 24.4 Å². The highest BCUT2D eigenvalue weighted by Gasteiger charge is 2.37. The normalized spacial score (nSPS) is 16.2. The van der Waals surface area contributed by atoms with E-state index in [1.54, 1.807) is 26.4 Å². The molecule has 1 aliphatic heterocycles. The molecule has 0 bridgehead atoms. The summed E-state index contributed by atoms with van der Waals surface area (Å²) in [5, 5.41) is 0. The fraction of sp³-hybridized carbons (Fsp3) is 0.435. The van der Waals surface area contributed by atoms with Crippen LogP contribution in [0.15, 0.2) is 36.4 Å². The zero-order chi connectivity index (χ0) is 21.2. The van der Waals surface area contributed by atoms with Gasteiger partial charge in [0.1, 0.15) is 18.2 Å². The van der Waals surface area contributed by atoms with Crippen LogP contribution in [0.25, 0.3) is 0 Å². The maximum Gasteiger partial charge on any atom is 0.228 e. The summed E-state index contributed by atoms with van der Waals surface area (Å²) in [6.07, 6.45) is 0.727. The van der Waals surface area contributed by atoms with Crippen molar-refractivity contribution in [3.05, 3.63) is 53.3 Å². The van der Waals surface area contributed by atoms with E-state index in [9.17, 15) is 9.18 Å². The molecule has 0 saturated carbocycles. The molecule has 1 amide bonds. The van der Waals surface area contributed by atoms with Gasteiger partial charge in [-0.2, -0.15) is 0 Å². The van der Waals surface area contributed by atoms with Gasteiger partial charge in [0.15, 0.2) is 11.5 Å². The van der Waals surface area contributed by atoms with E-state index in [4.69, 9.17) is 14.2 Å². The maximum absolute atomic E-state index is 13.2. The van der Waals surface area contributed by atoms with Crippen molar-refractivity contribution >= 4 is 5.91 Å². The summed E-state index contributed by atoms with van der Waals surface area (Å²) < 4.78 is 30.1. The molecule has 0 fully saturated rings. The van der Waals surface area contributed by atoms with Gasteiger partial charge in [0.25, 0.3) is 0 Å². The number of benzene rings is 2. The van der Waals surface area contributed by atoms with Crippen molar-refractivity contribution in [1.82, 2.24) is 4.90 Å². The van der Waals surface area contributed by atoms with Gasteiger partial charge in [-0.3, -0.25) is 4.79 Å². The largest absolute Gasteiger partial charge is 0.493 e. The van der Waals surface area contributed by atoms with Crippen molar-refractivity contribution < 1.29 is 23.4 Å². The number of fused-ring (bicyclic) bond motifs is 1. The van der Waals surface area contributed by atoms with Gasteiger partial charge in [-0.25, -0.2) is 4.39 Å². The maximum atomic E-state index is 13.2. The molecule has 2 aromatic carbocycles. The van der Waals surface area contributed by atoms with Gasteiger partial charge >= 0.3 is 0 Å². The van der Waals surface area contributed by atoms with Gasteiger partial charge < -0.3 is 19.1 Å². The molecule has 1 unspecified atom stereocenters.